The number of benzene rings is 2. The maximum absolute atomic E-state index is 13.9. The predicted molar refractivity (Wildman–Crippen MR) is 174 cm³/mol. The fraction of sp³-hybridized carbons (Fsp3) is 0.472. The number of amides is 1. The average molecular weight is 648 g/mol. The summed E-state index contributed by atoms with van der Waals surface area (Å²) in [4.78, 5) is 42.8. The lowest BCUT2D eigenvalue weighted by molar-refractivity contribution is -0.120. The highest BCUT2D eigenvalue weighted by molar-refractivity contribution is 9.10. The van der Waals surface area contributed by atoms with Crippen molar-refractivity contribution < 1.29 is 19.1 Å². The van der Waals surface area contributed by atoms with Crippen LogP contribution in [0, 0.1) is 24.7 Å². The molecule has 0 radical (unpaired) electrons. The lowest BCUT2D eigenvalue weighted by Crippen LogP contribution is -2.44. The SMILES string of the molecule is CCCN1C2=C(C(=O)CC(C)(C)C2)C(c2ccc(OCC(=O)Nc3ccc(C)c(C)c3)c(Br)c2)C2=C1CC(C)(C)CC2=O. The van der Waals surface area contributed by atoms with Gasteiger partial charge < -0.3 is 15.0 Å². The van der Waals surface area contributed by atoms with E-state index in [1.807, 2.05) is 50.2 Å². The third kappa shape index (κ3) is 6.38. The van der Waals surface area contributed by atoms with Crippen LogP contribution in [0.15, 0.2) is 63.4 Å². The lowest BCUT2D eigenvalue weighted by atomic mass is 9.63. The van der Waals surface area contributed by atoms with Crippen LogP contribution in [0.5, 0.6) is 5.75 Å². The molecule has 0 saturated carbocycles. The van der Waals surface area contributed by atoms with E-state index in [9.17, 15) is 14.4 Å². The number of Topliss-reactive ketones (excluding diaryl/α,β-unsaturated/α-hetero) is 2. The van der Waals surface area contributed by atoms with Crippen molar-refractivity contribution in [3.63, 3.8) is 0 Å². The molecule has 2 aliphatic carbocycles. The van der Waals surface area contributed by atoms with Crippen molar-refractivity contribution in [1.82, 2.24) is 4.90 Å². The number of rotatable bonds is 7. The topological polar surface area (TPSA) is 75.7 Å². The molecule has 43 heavy (non-hydrogen) atoms. The number of ketones is 2. The minimum absolute atomic E-state index is 0.126. The number of halogens is 1. The zero-order valence-electron chi connectivity index (χ0n) is 26.4. The summed E-state index contributed by atoms with van der Waals surface area (Å²) >= 11 is 3.66. The van der Waals surface area contributed by atoms with Gasteiger partial charge in [-0.2, -0.15) is 0 Å². The van der Waals surface area contributed by atoms with E-state index in [1.165, 1.54) is 0 Å². The van der Waals surface area contributed by atoms with Gasteiger partial charge in [0.25, 0.3) is 5.91 Å². The number of anilines is 1. The molecule has 1 amide bonds. The van der Waals surface area contributed by atoms with Crippen molar-refractivity contribution in [1.29, 1.82) is 0 Å². The third-order valence-corrected chi connectivity index (χ3v) is 9.53. The molecule has 0 spiro atoms. The second kappa shape index (κ2) is 11.7. The molecule has 2 aromatic rings. The Morgan fingerprint density at radius 1 is 0.907 bits per heavy atom. The number of aryl methyl sites for hydroxylation is 2. The lowest BCUT2D eigenvalue weighted by Gasteiger charge is -2.49. The van der Waals surface area contributed by atoms with Gasteiger partial charge in [0.05, 0.1) is 4.47 Å². The summed E-state index contributed by atoms with van der Waals surface area (Å²) in [7, 11) is 0. The number of hydrogen-bond donors (Lipinski definition) is 1. The van der Waals surface area contributed by atoms with Crippen molar-refractivity contribution >= 4 is 39.1 Å². The van der Waals surface area contributed by atoms with E-state index in [0.717, 1.165) is 70.7 Å². The second-order valence-electron chi connectivity index (χ2n) is 14.0. The molecule has 0 aromatic heterocycles. The predicted octanol–water partition coefficient (Wildman–Crippen LogP) is 8.18. The van der Waals surface area contributed by atoms with Crippen molar-refractivity contribution in [2.75, 3.05) is 18.5 Å². The van der Waals surface area contributed by atoms with E-state index in [1.54, 1.807) is 0 Å². The number of hydrogen-bond acceptors (Lipinski definition) is 5. The van der Waals surface area contributed by atoms with Gasteiger partial charge in [-0.1, -0.05) is 46.8 Å². The first-order valence-corrected chi connectivity index (χ1v) is 16.1. The molecule has 0 unspecified atom stereocenters. The summed E-state index contributed by atoms with van der Waals surface area (Å²) in [6, 6.07) is 11.5. The van der Waals surface area contributed by atoms with Crippen LogP contribution in [0.25, 0.3) is 0 Å². The van der Waals surface area contributed by atoms with Gasteiger partial charge in [0.2, 0.25) is 0 Å². The Morgan fingerprint density at radius 3 is 2.05 bits per heavy atom. The minimum Gasteiger partial charge on any atom is -0.483 e. The van der Waals surface area contributed by atoms with Crippen LogP contribution in [-0.4, -0.2) is 35.5 Å². The molecular weight excluding hydrogens is 604 g/mol. The summed E-state index contributed by atoms with van der Waals surface area (Å²) in [5.41, 5.74) is 7.30. The van der Waals surface area contributed by atoms with Crippen molar-refractivity contribution in [2.45, 2.75) is 86.5 Å². The van der Waals surface area contributed by atoms with Gasteiger partial charge in [0.15, 0.2) is 18.2 Å². The Kier molecular flexibility index (Phi) is 8.51. The number of nitrogens with zero attached hydrogens (tertiary/aromatic N) is 1. The maximum atomic E-state index is 13.9. The van der Waals surface area contributed by atoms with Gasteiger partial charge in [-0.05, 0) is 101 Å². The van der Waals surface area contributed by atoms with Crippen molar-refractivity contribution in [2.24, 2.45) is 10.8 Å². The molecule has 1 heterocycles. The number of ether oxygens (including phenoxy) is 1. The fourth-order valence-electron chi connectivity index (χ4n) is 6.85. The maximum Gasteiger partial charge on any atom is 0.262 e. The average Bonchev–Trinajstić information content (AvgIpc) is 2.89. The smallest absolute Gasteiger partial charge is 0.262 e. The first-order chi connectivity index (χ1) is 20.2. The first kappa shape index (κ1) is 31.2. The van der Waals surface area contributed by atoms with E-state index < -0.39 is 5.92 Å². The monoisotopic (exact) mass is 646 g/mol. The van der Waals surface area contributed by atoms with Crippen LogP contribution in [0.1, 0.15) is 89.3 Å². The number of allylic oxidation sites excluding steroid dienone is 4. The Morgan fingerprint density at radius 2 is 1.51 bits per heavy atom. The quantitative estimate of drug-likeness (QED) is 0.328. The van der Waals surface area contributed by atoms with Gasteiger partial charge in [-0.3, -0.25) is 14.4 Å². The molecule has 1 aliphatic heterocycles. The highest BCUT2D eigenvalue weighted by Gasteiger charge is 2.48. The molecule has 1 N–H and O–H groups in total. The summed E-state index contributed by atoms with van der Waals surface area (Å²) in [5, 5.41) is 2.89. The zero-order chi connectivity index (χ0) is 31.3. The summed E-state index contributed by atoms with van der Waals surface area (Å²) in [6.07, 6.45) is 3.45. The fourth-order valence-corrected chi connectivity index (χ4v) is 7.36. The van der Waals surface area contributed by atoms with Gasteiger partial charge in [0, 0.05) is 53.5 Å². The van der Waals surface area contributed by atoms with E-state index in [0.29, 0.717) is 23.1 Å². The van der Waals surface area contributed by atoms with Gasteiger partial charge in [-0.15, -0.1) is 0 Å². The van der Waals surface area contributed by atoms with E-state index in [2.05, 4.69) is 60.8 Å². The van der Waals surface area contributed by atoms with Crippen LogP contribution in [0.2, 0.25) is 0 Å². The zero-order valence-corrected chi connectivity index (χ0v) is 28.0. The third-order valence-electron chi connectivity index (χ3n) is 8.91. The highest BCUT2D eigenvalue weighted by atomic mass is 79.9. The molecule has 0 fully saturated rings. The van der Waals surface area contributed by atoms with E-state index in [4.69, 9.17) is 4.74 Å². The number of carbonyl (C=O) groups excluding carboxylic acids is 3. The van der Waals surface area contributed by atoms with Gasteiger partial charge >= 0.3 is 0 Å². The van der Waals surface area contributed by atoms with Gasteiger partial charge in [0.1, 0.15) is 5.75 Å². The summed E-state index contributed by atoms with van der Waals surface area (Å²) in [6.45, 7) is 15.5. The molecule has 0 saturated heterocycles. The Labute approximate surface area is 264 Å². The van der Waals surface area contributed by atoms with Crippen LogP contribution < -0.4 is 10.1 Å². The van der Waals surface area contributed by atoms with E-state index in [-0.39, 0.29) is 34.9 Å². The van der Waals surface area contributed by atoms with Crippen LogP contribution in [-0.2, 0) is 14.4 Å². The molecule has 0 atom stereocenters. The molecule has 6 nitrogen and oxygen atoms in total. The number of carbonyl (C=O) groups is 3. The largest absolute Gasteiger partial charge is 0.483 e. The summed E-state index contributed by atoms with van der Waals surface area (Å²) < 4.78 is 6.58. The van der Waals surface area contributed by atoms with Crippen LogP contribution in [0.4, 0.5) is 5.69 Å². The van der Waals surface area contributed by atoms with E-state index >= 15 is 0 Å². The second-order valence-corrected chi connectivity index (χ2v) is 14.9. The minimum atomic E-state index is -0.413. The van der Waals surface area contributed by atoms with Gasteiger partial charge in [-0.25, -0.2) is 0 Å². The van der Waals surface area contributed by atoms with Crippen LogP contribution in [0.3, 0.4) is 0 Å². The van der Waals surface area contributed by atoms with Crippen LogP contribution >= 0.6 is 15.9 Å². The molecule has 5 rings (SSSR count). The Bertz CT molecular complexity index is 1510. The molecule has 228 valence electrons. The standard InChI is InChI=1S/C36H43BrN2O4/c1-8-13-39-26-16-35(4,5)18-28(40)33(26)32(34-27(39)17-36(6,7)19-29(34)41)23-10-12-30(25(37)15-23)43-20-31(42)38-24-11-9-21(2)22(3)14-24/h9-12,14-15,32H,8,13,16-20H2,1-7H3,(H,38,42). The number of nitrogens with one attached hydrogen (secondary N) is 1. The van der Waals surface area contributed by atoms with Crippen molar-refractivity contribution in [3.05, 3.63) is 80.1 Å². The first-order valence-electron chi connectivity index (χ1n) is 15.3. The normalized spacial score (nSPS) is 19.8. The molecular formula is C36H43BrN2O4. The highest BCUT2D eigenvalue weighted by Crippen LogP contribution is 2.54. The summed E-state index contributed by atoms with van der Waals surface area (Å²) in [5.74, 6) is 0.113. The molecule has 3 aliphatic rings. The molecule has 7 heteroatoms. The van der Waals surface area contributed by atoms with Crippen molar-refractivity contribution in [3.8, 4) is 5.75 Å². The molecule has 2 aromatic carbocycles. The Hall–Kier alpha value is -3.19. The molecule has 0 bridgehead atoms. The Balaban J connectivity index is 1.48.